The van der Waals surface area contributed by atoms with Crippen molar-refractivity contribution in [2.45, 2.75) is 33.2 Å². The van der Waals surface area contributed by atoms with Crippen molar-refractivity contribution in [3.05, 3.63) is 35.1 Å². The van der Waals surface area contributed by atoms with Crippen LogP contribution in [0, 0.1) is 18.7 Å². The highest BCUT2D eigenvalue weighted by atomic mass is 19.1. The van der Waals surface area contributed by atoms with Crippen molar-refractivity contribution >= 4 is 5.78 Å². The second kappa shape index (κ2) is 5.21. The van der Waals surface area contributed by atoms with E-state index in [1.807, 2.05) is 13.8 Å². The maximum Gasteiger partial charge on any atom is 0.154 e. The zero-order chi connectivity index (χ0) is 12.3. The topological polar surface area (TPSA) is 43.1 Å². The van der Waals surface area contributed by atoms with Crippen LogP contribution in [0.3, 0.4) is 0 Å². The van der Waals surface area contributed by atoms with Gasteiger partial charge in [0.25, 0.3) is 0 Å². The number of carbonyl (C=O) groups is 1. The predicted molar refractivity (Wildman–Crippen MR) is 62.7 cm³/mol. The molecule has 1 rings (SSSR count). The molecule has 0 fully saturated rings. The Morgan fingerprint density at radius 2 is 2.06 bits per heavy atom. The summed E-state index contributed by atoms with van der Waals surface area (Å²) in [6, 6.07) is 4.01. The Hall–Kier alpha value is -1.22. The molecule has 16 heavy (non-hydrogen) atoms. The molecule has 2 nitrogen and oxygen atoms in total. The van der Waals surface area contributed by atoms with Crippen LogP contribution in [0.1, 0.15) is 25.0 Å². The van der Waals surface area contributed by atoms with Crippen LogP contribution >= 0.6 is 0 Å². The molecular formula is C13H18FNO. The van der Waals surface area contributed by atoms with Gasteiger partial charge in [-0.05, 0) is 36.1 Å². The van der Waals surface area contributed by atoms with Gasteiger partial charge in [-0.2, -0.15) is 0 Å². The fourth-order valence-corrected chi connectivity index (χ4v) is 1.53. The number of carbonyl (C=O) groups excluding carboxylic acids is 1. The third-order valence-corrected chi connectivity index (χ3v) is 2.76. The number of nitrogens with two attached hydrogens (primary N) is 1. The molecule has 88 valence electrons. The maximum absolute atomic E-state index is 12.9. The molecule has 0 aromatic heterocycles. The predicted octanol–water partition coefficient (Wildman–Crippen LogP) is 2.23. The number of rotatable bonds is 4. The van der Waals surface area contributed by atoms with Gasteiger partial charge in [0.2, 0.25) is 0 Å². The third kappa shape index (κ3) is 3.14. The first-order chi connectivity index (χ1) is 7.41. The molecule has 1 aromatic rings. The fourth-order valence-electron chi connectivity index (χ4n) is 1.53. The highest BCUT2D eigenvalue weighted by Gasteiger charge is 2.18. The quantitative estimate of drug-likeness (QED) is 0.850. The molecule has 3 heteroatoms. The molecule has 0 saturated carbocycles. The Morgan fingerprint density at radius 1 is 1.44 bits per heavy atom. The van der Waals surface area contributed by atoms with Gasteiger partial charge in [0.1, 0.15) is 5.82 Å². The molecule has 0 aliphatic carbocycles. The van der Waals surface area contributed by atoms with Gasteiger partial charge in [-0.25, -0.2) is 4.39 Å². The first-order valence-electron chi connectivity index (χ1n) is 5.45. The second-order valence-electron chi connectivity index (χ2n) is 4.48. The molecule has 0 saturated heterocycles. The average molecular weight is 223 g/mol. The monoisotopic (exact) mass is 223 g/mol. The van der Waals surface area contributed by atoms with E-state index < -0.39 is 6.04 Å². The summed E-state index contributed by atoms with van der Waals surface area (Å²) in [6.45, 7) is 5.63. The Labute approximate surface area is 95.7 Å². The molecule has 0 bridgehead atoms. The van der Waals surface area contributed by atoms with Crippen LogP contribution < -0.4 is 5.73 Å². The highest BCUT2D eigenvalue weighted by Crippen LogP contribution is 2.13. The largest absolute Gasteiger partial charge is 0.321 e. The van der Waals surface area contributed by atoms with Crippen molar-refractivity contribution in [1.82, 2.24) is 0 Å². The highest BCUT2D eigenvalue weighted by molar-refractivity contribution is 5.86. The average Bonchev–Trinajstić information content (AvgIpc) is 2.20. The number of aryl methyl sites for hydroxylation is 1. The minimum atomic E-state index is -0.440. The zero-order valence-electron chi connectivity index (χ0n) is 9.96. The van der Waals surface area contributed by atoms with Gasteiger partial charge in [0, 0.05) is 6.42 Å². The van der Waals surface area contributed by atoms with E-state index in [4.69, 9.17) is 5.73 Å². The fraction of sp³-hybridized carbons (Fsp3) is 0.462. The normalized spacial score (nSPS) is 12.9. The zero-order valence-corrected chi connectivity index (χ0v) is 9.96. The summed E-state index contributed by atoms with van der Waals surface area (Å²) >= 11 is 0. The lowest BCUT2D eigenvalue weighted by atomic mass is 9.94. The van der Waals surface area contributed by atoms with Crippen LogP contribution in [0.5, 0.6) is 0 Å². The number of halogens is 1. The lowest BCUT2D eigenvalue weighted by molar-refractivity contribution is -0.120. The third-order valence-electron chi connectivity index (χ3n) is 2.76. The van der Waals surface area contributed by atoms with Crippen molar-refractivity contribution in [3.63, 3.8) is 0 Å². The summed E-state index contributed by atoms with van der Waals surface area (Å²) in [6.07, 6.45) is 0.283. The summed E-state index contributed by atoms with van der Waals surface area (Å²) in [5.74, 6) is -0.139. The Bertz CT molecular complexity index is 388. The smallest absolute Gasteiger partial charge is 0.154 e. The maximum atomic E-state index is 12.9. The molecule has 0 amide bonds. The SMILES string of the molecule is Cc1cc(F)ccc1CC(=O)C(N)C(C)C. The minimum absolute atomic E-state index is 0.00436. The summed E-state index contributed by atoms with van der Waals surface area (Å²) < 4.78 is 12.9. The van der Waals surface area contributed by atoms with Gasteiger partial charge in [0.15, 0.2) is 5.78 Å². The molecule has 0 radical (unpaired) electrons. The van der Waals surface area contributed by atoms with Crippen molar-refractivity contribution in [2.24, 2.45) is 11.7 Å². The summed E-state index contributed by atoms with van der Waals surface area (Å²) in [5.41, 5.74) is 7.41. The van der Waals surface area contributed by atoms with Crippen LogP contribution in [0.15, 0.2) is 18.2 Å². The van der Waals surface area contributed by atoms with Gasteiger partial charge in [-0.1, -0.05) is 19.9 Å². The van der Waals surface area contributed by atoms with E-state index in [0.717, 1.165) is 11.1 Å². The first-order valence-corrected chi connectivity index (χ1v) is 5.45. The molecule has 1 unspecified atom stereocenters. The second-order valence-corrected chi connectivity index (χ2v) is 4.48. The molecule has 0 spiro atoms. The van der Waals surface area contributed by atoms with Crippen LogP contribution in [-0.4, -0.2) is 11.8 Å². The Kier molecular flexibility index (Phi) is 4.19. The Balaban J connectivity index is 2.77. The van der Waals surface area contributed by atoms with Gasteiger partial charge in [-0.15, -0.1) is 0 Å². The molecule has 0 heterocycles. The van der Waals surface area contributed by atoms with E-state index in [2.05, 4.69) is 0 Å². The molecular weight excluding hydrogens is 205 g/mol. The lowest BCUT2D eigenvalue weighted by Gasteiger charge is -2.14. The van der Waals surface area contributed by atoms with E-state index in [1.54, 1.807) is 13.0 Å². The number of hydrogen-bond donors (Lipinski definition) is 1. The van der Waals surface area contributed by atoms with E-state index in [9.17, 15) is 9.18 Å². The first kappa shape index (κ1) is 12.8. The van der Waals surface area contributed by atoms with Crippen LogP contribution in [0.2, 0.25) is 0 Å². The molecule has 0 aliphatic heterocycles. The number of hydrogen-bond acceptors (Lipinski definition) is 2. The number of ketones is 1. The molecule has 1 aromatic carbocycles. The van der Waals surface area contributed by atoms with Crippen LogP contribution in [-0.2, 0) is 11.2 Å². The van der Waals surface area contributed by atoms with Gasteiger partial charge in [0.05, 0.1) is 6.04 Å². The summed E-state index contributed by atoms with van der Waals surface area (Å²) in [4.78, 5) is 11.8. The van der Waals surface area contributed by atoms with E-state index in [1.165, 1.54) is 12.1 Å². The molecule has 1 atom stereocenters. The summed E-state index contributed by atoms with van der Waals surface area (Å²) in [5, 5.41) is 0. The van der Waals surface area contributed by atoms with Gasteiger partial charge < -0.3 is 5.73 Å². The van der Waals surface area contributed by atoms with Crippen molar-refractivity contribution < 1.29 is 9.18 Å². The van der Waals surface area contributed by atoms with Crippen molar-refractivity contribution in [1.29, 1.82) is 0 Å². The Morgan fingerprint density at radius 3 is 2.56 bits per heavy atom. The summed E-state index contributed by atoms with van der Waals surface area (Å²) in [7, 11) is 0. The van der Waals surface area contributed by atoms with Crippen LogP contribution in [0.4, 0.5) is 4.39 Å². The molecule has 0 aliphatic rings. The number of benzene rings is 1. The van der Waals surface area contributed by atoms with Crippen molar-refractivity contribution in [3.8, 4) is 0 Å². The minimum Gasteiger partial charge on any atom is -0.321 e. The lowest BCUT2D eigenvalue weighted by Crippen LogP contribution is -2.36. The van der Waals surface area contributed by atoms with Gasteiger partial charge in [-0.3, -0.25) is 4.79 Å². The number of Topliss-reactive ketones (excluding diaryl/α,β-unsaturated/α-hetero) is 1. The standard InChI is InChI=1S/C13H18FNO/c1-8(2)13(15)12(16)7-10-4-5-11(14)6-9(10)3/h4-6,8,13H,7,15H2,1-3H3. The van der Waals surface area contributed by atoms with Crippen molar-refractivity contribution in [2.75, 3.05) is 0 Å². The van der Waals surface area contributed by atoms with E-state index in [0.29, 0.717) is 0 Å². The molecule has 2 N–H and O–H groups in total. The van der Waals surface area contributed by atoms with Crippen LogP contribution in [0.25, 0.3) is 0 Å². The van der Waals surface area contributed by atoms with E-state index in [-0.39, 0.29) is 23.9 Å². The van der Waals surface area contributed by atoms with E-state index >= 15 is 0 Å². The van der Waals surface area contributed by atoms with Gasteiger partial charge >= 0.3 is 0 Å².